The van der Waals surface area contributed by atoms with Crippen LogP contribution in [0.1, 0.15) is 51.8 Å². The molecule has 17 heavy (non-hydrogen) atoms. The van der Waals surface area contributed by atoms with E-state index in [0.717, 1.165) is 18.7 Å². The second-order valence-electron chi connectivity index (χ2n) is 5.52. The standard InChI is InChI=1S/C14H23N3/c1-4-12(15)13-7-6-11(10-16-13)17-9-5-8-14(17,2)3/h6-7,10,12H,4-5,8-9,15H2,1-3H3/t12-/m0/s1. The summed E-state index contributed by atoms with van der Waals surface area (Å²) in [7, 11) is 0. The lowest BCUT2D eigenvalue weighted by molar-refractivity contribution is 0.517. The van der Waals surface area contributed by atoms with Gasteiger partial charge in [0, 0.05) is 18.1 Å². The van der Waals surface area contributed by atoms with Crippen LogP contribution in [0.4, 0.5) is 5.69 Å². The highest BCUT2D eigenvalue weighted by Crippen LogP contribution is 2.33. The summed E-state index contributed by atoms with van der Waals surface area (Å²) in [6, 6.07) is 4.29. The van der Waals surface area contributed by atoms with Crippen LogP contribution in [0.2, 0.25) is 0 Å². The lowest BCUT2D eigenvalue weighted by atomic mass is 10.0. The third-order valence-corrected chi connectivity index (χ3v) is 3.80. The van der Waals surface area contributed by atoms with Gasteiger partial charge in [-0.25, -0.2) is 0 Å². The van der Waals surface area contributed by atoms with Crippen LogP contribution >= 0.6 is 0 Å². The molecule has 0 spiro atoms. The maximum absolute atomic E-state index is 5.97. The molecule has 94 valence electrons. The van der Waals surface area contributed by atoms with E-state index in [4.69, 9.17) is 5.73 Å². The molecular formula is C14H23N3. The van der Waals surface area contributed by atoms with Gasteiger partial charge in [-0.2, -0.15) is 0 Å². The van der Waals surface area contributed by atoms with Crippen LogP contribution in [0, 0.1) is 0 Å². The van der Waals surface area contributed by atoms with E-state index in [0.29, 0.717) is 0 Å². The molecule has 1 fully saturated rings. The van der Waals surface area contributed by atoms with Crippen molar-refractivity contribution >= 4 is 5.69 Å². The van der Waals surface area contributed by atoms with Crippen molar-refractivity contribution < 1.29 is 0 Å². The maximum atomic E-state index is 5.97. The van der Waals surface area contributed by atoms with Crippen molar-refractivity contribution in [1.82, 2.24) is 4.98 Å². The van der Waals surface area contributed by atoms with E-state index in [9.17, 15) is 0 Å². The van der Waals surface area contributed by atoms with Crippen LogP contribution in [0.25, 0.3) is 0 Å². The molecule has 0 unspecified atom stereocenters. The molecule has 0 aromatic carbocycles. The summed E-state index contributed by atoms with van der Waals surface area (Å²) in [5, 5.41) is 0. The molecule has 1 aliphatic heterocycles. The minimum absolute atomic E-state index is 0.0654. The second kappa shape index (κ2) is 4.65. The molecule has 0 saturated carbocycles. The van der Waals surface area contributed by atoms with Crippen molar-refractivity contribution in [1.29, 1.82) is 0 Å². The van der Waals surface area contributed by atoms with Crippen LogP contribution in [-0.4, -0.2) is 17.1 Å². The predicted molar refractivity (Wildman–Crippen MR) is 72.1 cm³/mol. The Labute approximate surface area is 104 Å². The molecule has 0 aliphatic carbocycles. The Bertz CT molecular complexity index is 370. The molecule has 1 atom stereocenters. The molecule has 1 aliphatic rings. The van der Waals surface area contributed by atoms with Crippen LogP contribution in [0.3, 0.4) is 0 Å². The summed E-state index contributed by atoms with van der Waals surface area (Å²) in [4.78, 5) is 6.94. The van der Waals surface area contributed by atoms with E-state index < -0.39 is 0 Å². The van der Waals surface area contributed by atoms with Gasteiger partial charge in [-0.1, -0.05) is 6.92 Å². The molecule has 2 heterocycles. The lowest BCUT2D eigenvalue weighted by Gasteiger charge is -2.33. The fraction of sp³-hybridized carbons (Fsp3) is 0.643. The van der Waals surface area contributed by atoms with Crippen LogP contribution < -0.4 is 10.6 Å². The fourth-order valence-corrected chi connectivity index (χ4v) is 2.57. The number of rotatable bonds is 3. The van der Waals surface area contributed by atoms with E-state index >= 15 is 0 Å². The van der Waals surface area contributed by atoms with E-state index in [2.05, 4.69) is 42.8 Å². The van der Waals surface area contributed by atoms with Gasteiger partial charge in [-0.05, 0) is 45.2 Å². The number of nitrogens with two attached hydrogens (primary N) is 1. The monoisotopic (exact) mass is 233 g/mol. The second-order valence-corrected chi connectivity index (χ2v) is 5.52. The number of hydrogen-bond donors (Lipinski definition) is 1. The average molecular weight is 233 g/mol. The molecule has 1 aromatic heterocycles. The number of pyridine rings is 1. The number of hydrogen-bond acceptors (Lipinski definition) is 3. The molecular weight excluding hydrogens is 210 g/mol. The zero-order valence-electron chi connectivity index (χ0n) is 11.1. The molecule has 2 N–H and O–H groups in total. The Morgan fingerprint density at radius 2 is 2.24 bits per heavy atom. The number of aromatic nitrogens is 1. The summed E-state index contributed by atoms with van der Waals surface area (Å²) in [6.45, 7) is 7.81. The quantitative estimate of drug-likeness (QED) is 0.873. The first kappa shape index (κ1) is 12.4. The largest absolute Gasteiger partial charge is 0.365 e. The Kier molecular flexibility index (Phi) is 3.38. The van der Waals surface area contributed by atoms with Crippen molar-refractivity contribution in [3.63, 3.8) is 0 Å². The minimum Gasteiger partial charge on any atom is -0.365 e. The van der Waals surface area contributed by atoms with Crippen molar-refractivity contribution in [2.45, 2.75) is 51.6 Å². The van der Waals surface area contributed by atoms with Gasteiger partial charge in [0.2, 0.25) is 0 Å². The molecule has 0 bridgehead atoms. The van der Waals surface area contributed by atoms with Gasteiger partial charge in [0.05, 0.1) is 17.6 Å². The van der Waals surface area contributed by atoms with Gasteiger partial charge in [-0.15, -0.1) is 0 Å². The first-order valence-corrected chi connectivity index (χ1v) is 6.54. The highest BCUT2D eigenvalue weighted by atomic mass is 15.2. The third-order valence-electron chi connectivity index (χ3n) is 3.80. The minimum atomic E-state index is 0.0654. The molecule has 1 aromatic rings. The Morgan fingerprint density at radius 3 is 2.71 bits per heavy atom. The Balaban J connectivity index is 2.18. The smallest absolute Gasteiger partial charge is 0.0572 e. The molecule has 1 saturated heterocycles. The van der Waals surface area contributed by atoms with Crippen LogP contribution in [0.15, 0.2) is 18.3 Å². The molecule has 3 heteroatoms. The van der Waals surface area contributed by atoms with Crippen molar-refractivity contribution in [2.75, 3.05) is 11.4 Å². The lowest BCUT2D eigenvalue weighted by Crippen LogP contribution is -2.38. The van der Waals surface area contributed by atoms with Gasteiger partial charge in [0.1, 0.15) is 0 Å². The first-order chi connectivity index (χ1) is 8.04. The fourth-order valence-electron chi connectivity index (χ4n) is 2.57. The molecule has 0 amide bonds. The van der Waals surface area contributed by atoms with E-state index in [1.165, 1.54) is 18.5 Å². The first-order valence-electron chi connectivity index (χ1n) is 6.54. The summed E-state index contributed by atoms with van der Waals surface area (Å²) in [5.74, 6) is 0. The van der Waals surface area contributed by atoms with Gasteiger partial charge in [0.25, 0.3) is 0 Å². The number of anilines is 1. The van der Waals surface area contributed by atoms with Crippen molar-refractivity contribution in [2.24, 2.45) is 5.73 Å². The van der Waals surface area contributed by atoms with Crippen molar-refractivity contribution in [3.8, 4) is 0 Å². The van der Waals surface area contributed by atoms with Gasteiger partial charge in [-0.3, -0.25) is 4.98 Å². The predicted octanol–water partition coefficient (Wildman–Crippen LogP) is 2.87. The van der Waals surface area contributed by atoms with E-state index in [1.807, 2.05) is 6.20 Å². The van der Waals surface area contributed by atoms with E-state index in [1.54, 1.807) is 0 Å². The van der Waals surface area contributed by atoms with E-state index in [-0.39, 0.29) is 11.6 Å². The Hall–Kier alpha value is -1.09. The summed E-state index contributed by atoms with van der Waals surface area (Å²) in [5.41, 5.74) is 8.45. The Morgan fingerprint density at radius 1 is 1.47 bits per heavy atom. The zero-order valence-corrected chi connectivity index (χ0v) is 11.1. The van der Waals surface area contributed by atoms with Crippen LogP contribution in [0.5, 0.6) is 0 Å². The van der Waals surface area contributed by atoms with Gasteiger partial charge in [0.15, 0.2) is 0 Å². The molecule has 0 radical (unpaired) electrons. The third kappa shape index (κ3) is 2.44. The molecule has 3 nitrogen and oxygen atoms in total. The average Bonchev–Trinajstić information content (AvgIpc) is 2.68. The summed E-state index contributed by atoms with van der Waals surface area (Å²) < 4.78 is 0. The van der Waals surface area contributed by atoms with Crippen molar-refractivity contribution in [3.05, 3.63) is 24.0 Å². The summed E-state index contributed by atoms with van der Waals surface area (Å²) >= 11 is 0. The van der Waals surface area contributed by atoms with Gasteiger partial charge < -0.3 is 10.6 Å². The SMILES string of the molecule is CC[C@H](N)c1ccc(N2CCCC2(C)C)cn1. The van der Waals surface area contributed by atoms with Gasteiger partial charge >= 0.3 is 0 Å². The van der Waals surface area contributed by atoms with Crippen LogP contribution in [-0.2, 0) is 0 Å². The zero-order chi connectivity index (χ0) is 12.5. The maximum Gasteiger partial charge on any atom is 0.0572 e. The molecule has 2 rings (SSSR count). The highest BCUT2D eigenvalue weighted by molar-refractivity contribution is 5.48. The normalized spacial score (nSPS) is 20.6. The topological polar surface area (TPSA) is 42.1 Å². The number of nitrogens with zero attached hydrogens (tertiary/aromatic N) is 2. The highest BCUT2D eigenvalue weighted by Gasteiger charge is 2.31. The summed E-state index contributed by atoms with van der Waals surface area (Å²) in [6.07, 6.45) is 5.42.